The van der Waals surface area contributed by atoms with E-state index in [1.807, 2.05) is 54.6 Å². The third-order valence-corrected chi connectivity index (χ3v) is 6.65. The maximum Gasteiger partial charge on any atom is 0.250 e. The minimum atomic E-state index is -1.09. The van der Waals surface area contributed by atoms with Crippen molar-refractivity contribution in [3.05, 3.63) is 90.3 Å². The molecule has 1 aliphatic rings. The van der Waals surface area contributed by atoms with Gasteiger partial charge in [0.1, 0.15) is 12.4 Å². The smallest absolute Gasteiger partial charge is 0.250 e. The van der Waals surface area contributed by atoms with Crippen LogP contribution in [0, 0.1) is 11.3 Å². The van der Waals surface area contributed by atoms with Crippen molar-refractivity contribution in [3.8, 4) is 17.0 Å². The van der Waals surface area contributed by atoms with Crippen LogP contribution < -0.4 is 15.7 Å². The molecule has 1 saturated carbocycles. The highest BCUT2D eigenvalue weighted by Crippen LogP contribution is 2.55. The standard InChI is InChI=1S/C27H24N4O5/c32-25(30-34)22-14-27(22,26(33)31-35)13-17-7-9-20(10-8-17)36-16-19-12-24(18-4-3-11-28-15-18)29-23-6-2-1-5-21(19)23/h1-12,15,22,34-35H,13-14,16H2,(H,30,32)(H,31,33). The van der Waals surface area contributed by atoms with Gasteiger partial charge in [0.25, 0.3) is 5.91 Å². The van der Waals surface area contributed by atoms with Crippen LogP contribution in [0.2, 0.25) is 0 Å². The molecule has 182 valence electrons. The van der Waals surface area contributed by atoms with Gasteiger partial charge in [-0.3, -0.25) is 25.0 Å². The highest BCUT2D eigenvalue weighted by Gasteiger charge is 2.63. The van der Waals surface area contributed by atoms with Crippen molar-refractivity contribution >= 4 is 22.7 Å². The third kappa shape index (κ3) is 4.49. The molecular formula is C27H24N4O5. The molecule has 4 aromatic rings. The van der Waals surface area contributed by atoms with E-state index >= 15 is 0 Å². The number of nitrogens with one attached hydrogen (secondary N) is 2. The summed E-state index contributed by atoms with van der Waals surface area (Å²) < 4.78 is 6.08. The van der Waals surface area contributed by atoms with Crippen LogP contribution in [0.4, 0.5) is 0 Å². The molecule has 0 bridgehead atoms. The number of amides is 2. The molecule has 2 heterocycles. The summed E-state index contributed by atoms with van der Waals surface area (Å²) >= 11 is 0. The summed E-state index contributed by atoms with van der Waals surface area (Å²) in [5.41, 5.74) is 6.52. The normalized spacial score (nSPS) is 18.4. The number of carbonyl (C=O) groups is 2. The Balaban J connectivity index is 1.33. The van der Waals surface area contributed by atoms with Crippen molar-refractivity contribution in [2.24, 2.45) is 11.3 Å². The molecule has 36 heavy (non-hydrogen) atoms. The van der Waals surface area contributed by atoms with Crippen molar-refractivity contribution in [2.75, 3.05) is 0 Å². The molecule has 2 unspecified atom stereocenters. The Hall–Kier alpha value is -4.34. The monoisotopic (exact) mass is 484 g/mol. The number of para-hydroxylation sites is 1. The molecule has 4 N–H and O–H groups in total. The Kier molecular flexibility index (Phi) is 6.32. The molecule has 0 spiro atoms. The number of hydrogen-bond acceptors (Lipinski definition) is 7. The highest BCUT2D eigenvalue weighted by molar-refractivity contribution is 5.95. The second-order valence-electron chi connectivity index (χ2n) is 8.86. The van der Waals surface area contributed by atoms with Crippen LogP contribution in [0.1, 0.15) is 17.5 Å². The SMILES string of the molecule is O=C(NO)C1CC1(Cc1ccc(OCc2cc(-c3cccnc3)nc3ccccc23)cc1)C(=O)NO. The number of aromatic nitrogens is 2. The lowest BCUT2D eigenvalue weighted by molar-refractivity contribution is -0.139. The first-order chi connectivity index (χ1) is 17.5. The van der Waals surface area contributed by atoms with Gasteiger partial charge < -0.3 is 4.74 Å². The fourth-order valence-electron chi connectivity index (χ4n) is 4.62. The summed E-state index contributed by atoms with van der Waals surface area (Å²) in [6.45, 7) is 0.325. The molecule has 9 nitrogen and oxygen atoms in total. The minimum Gasteiger partial charge on any atom is -0.489 e. The first-order valence-corrected chi connectivity index (χ1v) is 11.4. The summed E-state index contributed by atoms with van der Waals surface area (Å²) in [4.78, 5) is 33.0. The van der Waals surface area contributed by atoms with Gasteiger partial charge in [-0.05, 0) is 54.8 Å². The Bertz CT molecular complexity index is 1410. The van der Waals surface area contributed by atoms with Crippen LogP contribution in [-0.2, 0) is 22.6 Å². The van der Waals surface area contributed by atoms with Crippen LogP contribution >= 0.6 is 0 Å². The molecule has 1 aliphatic carbocycles. The molecule has 0 radical (unpaired) electrons. The zero-order valence-corrected chi connectivity index (χ0v) is 19.2. The topological polar surface area (TPSA) is 134 Å². The summed E-state index contributed by atoms with van der Waals surface area (Å²) in [5, 5.41) is 19.0. The lowest BCUT2D eigenvalue weighted by Crippen LogP contribution is -2.35. The van der Waals surface area contributed by atoms with Crippen molar-refractivity contribution in [3.63, 3.8) is 0 Å². The Labute approximate surface area is 206 Å². The van der Waals surface area contributed by atoms with E-state index in [4.69, 9.17) is 20.1 Å². The molecule has 2 aromatic carbocycles. The molecule has 0 saturated heterocycles. The number of fused-ring (bicyclic) bond motifs is 1. The second kappa shape index (κ2) is 9.73. The number of pyridine rings is 2. The van der Waals surface area contributed by atoms with E-state index in [9.17, 15) is 9.59 Å². The molecule has 0 aliphatic heterocycles. The first kappa shape index (κ1) is 23.4. The van der Waals surface area contributed by atoms with Gasteiger partial charge in [-0.15, -0.1) is 0 Å². The number of nitrogens with zero attached hydrogens (tertiary/aromatic N) is 2. The van der Waals surface area contributed by atoms with Crippen LogP contribution in [0.5, 0.6) is 5.75 Å². The molecule has 2 aromatic heterocycles. The lowest BCUT2D eigenvalue weighted by Gasteiger charge is -2.15. The van der Waals surface area contributed by atoms with E-state index in [1.165, 1.54) is 0 Å². The van der Waals surface area contributed by atoms with Crippen molar-refractivity contribution in [1.82, 2.24) is 20.9 Å². The number of carbonyl (C=O) groups excluding carboxylic acids is 2. The summed E-state index contributed by atoms with van der Waals surface area (Å²) in [7, 11) is 0. The van der Waals surface area contributed by atoms with Crippen LogP contribution in [-0.4, -0.2) is 32.2 Å². The molecule has 1 fully saturated rings. The zero-order valence-electron chi connectivity index (χ0n) is 19.2. The van der Waals surface area contributed by atoms with Gasteiger partial charge in [0, 0.05) is 28.9 Å². The number of rotatable bonds is 8. The quantitative estimate of drug-likeness (QED) is 0.222. The average molecular weight is 485 g/mol. The van der Waals surface area contributed by atoms with Crippen LogP contribution in [0.3, 0.4) is 0 Å². The molecule has 5 rings (SSSR count). The van der Waals surface area contributed by atoms with E-state index in [-0.39, 0.29) is 12.8 Å². The van der Waals surface area contributed by atoms with Gasteiger partial charge in [-0.1, -0.05) is 30.3 Å². The van der Waals surface area contributed by atoms with Gasteiger partial charge in [0.2, 0.25) is 5.91 Å². The second-order valence-corrected chi connectivity index (χ2v) is 8.86. The van der Waals surface area contributed by atoms with Gasteiger partial charge in [-0.2, -0.15) is 0 Å². The lowest BCUT2D eigenvalue weighted by atomic mass is 9.93. The van der Waals surface area contributed by atoms with E-state index in [0.717, 1.165) is 33.3 Å². The summed E-state index contributed by atoms with van der Waals surface area (Å²) in [5.74, 6) is -1.36. The Morgan fingerprint density at radius 3 is 2.56 bits per heavy atom. The molecule has 2 amide bonds. The van der Waals surface area contributed by atoms with Gasteiger partial charge in [-0.25, -0.2) is 15.9 Å². The average Bonchev–Trinajstić information content (AvgIpc) is 3.67. The van der Waals surface area contributed by atoms with Crippen LogP contribution in [0.15, 0.2) is 79.1 Å². The van der Waals surface area contributed by atoms with Crippen molar-refractivity contribution in [1.29, 1.82) is 0 Å². The molecular weight excluding hydrogens is 460 g/mol. The van der Waals surface area contributed by atoms with Crippen LogP contribution in [0.25, 0.3) is 22.2 Å². The fraction of sp³-hybridized carbons (Fsp3) is 0.185. The van der Waals surface area contributed by atoms with Gasteiger partial charge in [0.05, 0.1) is 22.5 Å². The number of hydrogen-bond donors (Lipinski definition) is 4. The van der Waals surface area contributed by atoms with Gasteiger partial charge >= 0.3 is 0 Å². The predicted octanol–water partition coefficient (Wildman–Crippen LogP) is 3.44. The summed E-state index contributed by atoms with van der Waals surface area (Å²) in [6.07, 6.45) is 3.97. The zero-order chi connectivity index (χ0) is 25.1. The summed E-state index contributed by atoms with van der Waals surface area (Å²) in [6, 6.07) is 21.0. The Morgan fingerprint density at radius 1 is 1.03 bits per heavy atom. The number of ether oxygens (including phenoxy) is 1. The van der Waals surface area contributed by atoms with E-state index in [0.29, 0.717) is 12.4 Å². The maximum absolute atomic E-state index is 12.2. The largest absolute Gasteiger partial charge is 0.489 e. The van der Waals surface area contributed by atoms with E-state index < -0.39 is 23.1 Å². The minimum absolute atomic E-state index is 0.235. The highest BCUT2D eigenvalue weighted by atomic mass is 16.5. The van der Waals surface area contributed by atoms with E-state index in [1.54, 1.807) is 35.5 Å². The van der Waals surface area contributed by atoms with Crippen molar-refractivity contribution < 1.29 is 24.7 Å². The molecule has 9 heteroatoms. The maximum atomic E-state index is 12.2. The Morgan fingerprint density at radius 2 is 1.83 bits per heavy atom. The first-order valence-electron chi connectivity index (χ1n) is 11.4. The number of hydroxylamine groups is 2. The predicted molar refractivity (Wildman–Crippen MR) is 130 cm³/mol. The van der Waals surface area contributed by atoms with Crippen molar-refractivity contribution in [2.45, 2.75) is 19.4 Å². The number of benzene rings is 2. The third-order valence-electron chi connectivity index (χ3n) is 6.65. The van der Waals surface area contributed by atoms with E-state index in [2.05, 4.69) is 4.98 Å². The fourth-order valence-corrected chi connectivity index (χ4v) is 4.62. The van der Waals surface area contributed by atoms with Gasteiger partial charge in [0.15, 0.2) is 0 Å². The molecule has 2 atom stereocenters.